The third-order valence-corrected chi connectivity index (χ3v) is 3.02. The summed E-state index contributed by atoms with van der Waals surface area (Å²) in [6.07, 6.45) is 0. The lowest BCUT2D eigenvalue weighted by molar-refractivity contribution is 0.110. The first-order valence-electron chi connectivity index (χ1n) is 5.82. The maximum Gasteiger partial charge on any atom is 0.0898 e. The van der Waals surface area contributed by atoms with Crippen molar-refractivity contribution in [2.75, 3.05) is 19.8 Å². The number of nitrogens with zero attached hydrogens (tertiary/aromatic N) is 1. The lowest BCUT2D eigenvalue weighted by Crippen LogP contribution is -2.24. The maximum atomic E-state index is 5.51. The molecular formula is C12H22N2OS. The van der Waals surface area contributed by atoms with Gasteiger partial charge in [0.2, 0.25) is 0 Å². The van der Waals surface area contributed by atoms with Crippen molar-refractivity contribution in [3.8, 4) is 0 Å². The predicted octanol–water partition coefficient (Wildman–Crippen LogP) is 2.77. The van der Waals surface area contributed by atoms with Gasteiger partial charge in [0.25, 0.3) is 0 Å². The van der Waals surface area contributed by atoms with E-state index in [0.717, 1.165) is 30.5 Å². The van der Waals surface area contributed by atoms with Crippen LogP contribution in [0.2, 0.25) is 0 Å². The van der Waals surface area contributed by atoms with Crippen molar-refractivity contribution >= 4 is 11.3 Å². The van der Waals surface area contributed by atoms with E-state index < -0.39 is 0 Å². The Kier molecular flexibility index (Phi) is 5.95. The van der Waals surface area contributed by atoms with Crippen molar-refractivity contribution < 1.29 is 4.74 Å². The summed E-state index contributed by atoms with van der Waals surface area (Å²) in [5.74, 6) is 0.610. The van der Waals surface area contributed by atoms with Crippen molar-refractivity contribution in [2.24, 2.45) is 5.92 Å². The molecule has 16 heavy (non-hydrogen) atoms. The number of thiazole rings is 1. The molecule has 0 saturated carbocycles. The van der Waals surface area contributed by atoms with Crippen molar-refractivity contribution in [1.82, 2.24) is 10.3 Å². The van der Waals surface area contributed by atoms with Crippen LogP contribution >= 0.6 is 11.3 Å². The number of hydrogen-bond donors (Lipinski definition) is 1. The van der Waals surface area contributed by atoms with Gasteiger partial charge in [0, 0.05) is 24.6 Å². The Morgan fingerprint density at radius 1 is 1.44 bits per heavy atom. The summed E-state index contributed by atoms with van der Waals surface area (Å²) < 4.78 is 5.51. The highest BCUT2D eigenvalue weighted by Crippen LogP contribution is 2.15. The lowest BCUT2D eigenvalue weighted by Gasteiger charge is -2.12. The van der Waals surface area contributed by atoms with Crippen molar-refractivity contribution in [3.05, 3.63) is 16.1 Å². The Hall–Kier alpha value is -0.450. The summed E-state index contributed by atoms with van der Waals surface area (Å²) in [4.78, 5) is 4.45. The van der Waals surface area contributed by atoms with Gasteiger partial charge in [-0.1, -0.05) is 13.8 Å². The number of rotatable bonds is 7. The molecule has 1 heterocycles. The Morgan fingerprint density at radius 3 is 2.75 bits per heavy atom. The summed E-state index contributed by atoms with van der Waals surface area (Å²) >= 11 is 1.70. The van der Waals surface area contributed by atoms with Crippen molar-refractivity contribution in [1.29, 1.82) is 0 Å². The molecule has 0 spiro atoms. The van der Waals surface area contributed by atoms with Gasteiger partial charge in [0.05, 0.1) is 17.3 Å². The van der Waals surface area contributed by atoms with Crippen LogP contribution in [0.15, 0.2) is 5.38 Å². The largest absolute Gasteiger partial charge is 0.380 e. The number of hydrogen-bond acceptors (Lipinski definition) is 4. The molecule has 1 aromatic rings. The van der Waals surface area contributed by atoms with Crippen LogP contribution in [0.3, 0.4) is 0 Å². The maximum absolute atomic E-state index is 5.51. The quantitative estimate of drug-likeness (QED) is 0.747. The van der Waals surface area contributed by atoms with E-state index in [4.69, 9.17) is 4.74 Å². The Labute approximate surface area is 102 Å². The molecule has 1 atom stereocenters. The van der Waals surface area contributed by atoms with E-state index in [1.807, 2.05) is 6.92 Å². The first-order valence-corrected chi connectivity index (χ1v) is 6.70. The molecule has 0 aromatic carbocycles. The van der Waals surface area contributed by atoms with Crippen LogP contribution in [0.5, 0.6) is 0 Å². The monoisotopic (exact) mass is 242 g/mol. The van der Waals surface area contributed by atoms with Crippen LogP contribution in [0.25, 0.3) is 0 Å². The van der Waals surface area contributed by atoms with Gasteiger partial charge in [-0.3, -0.25) is 0 Å². The molecule has 1 unspecified atom stereocenters. The summed E-state index contributed by atoms with van der Waals surface area (Å²) in [6.45, 7) is 11.0. The molecule has 0 amide bonds. The van der Waals surface area contributed by atoms with Gasteiger partial charge in [-0.2, -0.15) is 0 Å². The molecule has 92 valence electrons. The minimum absolute atomic E-state index is 0.313. The normalized spacial score (nSPS) is 13.3. The highest BCUT2D eigenvalue weighted by molar-refractivity contribution is 7.09. The van der Waals surface area contributed by atoms with Gasteiger partial charge in [0.1, 0.15) is 0 Å². The molecule has 0 aliphatic heterocycles. The average molecular weight is 242 g/mol. The number of nitrogens with one attached hydrogen (secondary N) is 1. The van der Waals surface area contributed by atoms with Crippen LogP contribution in [-0.4, -0.2) is 24.7 Å². The van der Waals surface area contributed by atoms with E-state index in [0.29, 0.717) is 12.0 Å². The zero-order valence-electron chi connectivity index (χ0n) is 10.6. The van der Waals surface area contributed by atoms with E-state index >= 15 is 0 Å². The molecule has 4 heteroatoms. The van der Waals surface area contributed by atoms with Gasteiger partial charge >= 0.3 is 0 Å². The predicted molar refractivity (Wildman–Crippen MR) is 68.9 cm³/mol. The first kappa shape index (κ1) is 13.6. The molecule has 0 aliphatic carbocycles. The van der Waals surface area contributed by atoms with E-state index in [1.54, 1.807) is 11.3 Å². The third-order valence-electron chi connectivity index (χ3n) is 2.23. The molecule has 0 saturated heterocycles. The van der Waals surface area contributed by atoms with Crippen LogP contribution < -0.4 is 5.32 Å². The zero-order valence-corrected chi connectivity index (χ0v) is 11.4. The fraction of sp³-hybridized carbons (Fsp3) is 0.750. The molecule has 0 aliphatic rings. The number of aromatic nitrogens is 1. The molecule has 0 radical (unpaired) electrons. The highest BCUT2D eigenvalue weighted by Gasteiger charge is 2.07. The zero-order chi connectivity index (χ0) is 12.0. The van der Waals surface area contributed by atoms with Gasteiger partial charge < -0.3 is 10.1 Å². The van der Waals surface area contributed by atoms with Gasteiger partial charge in [-0.05, 0) is 19.8 Å². The topological polar surface area (TPSA) is 34.2 Å². The van der Waals surface area contributed by atoms with Gasteiger partial charge in [-0.25, -0.2) is 4.98 Å². The van der Waals surface area contributed by atoms with Gasteiger partial charge in [-0.15, -0.1) is 11.3 Å². The molecule has 0 bridgehead atoms. The molecule has 1 rings (SSSR count). The first-order chi connectivity index (χ1) is 7.59. The van der Waals surface area contributed by atoms with Crippen LogP contribution in [-0.2, 0) is 4.74 Å². The van der Waals surface area contributed by atoms with Crippen LogP contribution in [0, 0.1) is 12.8 Å². The molecule has 1 N–H and O–H groups in total. The number of ether oxygens (including phenoxy) is 1. The Bertz CT molecular complexity index is 299. The molecule has 1 aromatic heterocycles. The van der Waals surface area contributed by atoms with Crippen molar-refractivity contribution in [2.45, 2.75) is 33.7 Å². The summed E-state index contributed by atoms with van der Waals surface area (Å²) in [6, 6.07) is 0.313. The standard InChI is InChI=1S/C12H22N2OS/c1-9(2)7-15-6-5-13-10(3)12-8-16-11(4)14-12/h8-10,13H,5-7H2,1-4H3. The SMILES string of the molecule is Cc1nc(C(C)NCCOCC(C)C)cs1. The molecule has 3 nitrogen and oxygen atoms in total. The Morgan fingerprint density at radius 2 is 2.19 bits per heavy atom. The van der Waals surface area contributed by atoms with E-state index in [2.05, 4.69) is 36.5 Å². The second-order valence-corrected chi connectivity index (χ2v) is 5.50. The van der Waals surface area contributed by atoms with Crippen LogP contribution in [0.1, 0.15) is 37.5 Å². The fourth-order valence-electron chi connectivity index (χ4n) is 1.35. The smallest absolute Gasteiger partial charge is 0.0898 e. The van der Waals surface area contributed by atoms with E-state index in [9.17, 15) is 0 Å². The molecular weight excluding hydrogens is 220 g/mol. The minimum atomic E-state index is 0.313. The van der Waals surface area contributed by atoms with Crippen LogP contribution in [0.4, 0.5) is 0 Å². The second-order valence-electron chi connectivity index (χ2n) is 4.44. The van der Waals surface area contributed by atoms with E-state index in [-0.39, 0.29) is 0 Å². The fourth-order valence-corrected chi connectivity index (χ4v) is 2.06. The van der Waals surface area contributed by atoms with Crippen molar-refractivity contribution in [3.63, 3.8) is 0 Å². The Balaban J connectivity index is 2.13. The van der Waals surface area contributed by atoms with Gasteiger partial charge in [0.15, 0.2) is 0 Å². The lowest BCUT2D eigenvalue weighted by atomic mass is 10.2. The molecule has 0 fully saturated rings. The van der Waals surface area contributed by atoms with E-state index in [1.165, 1.54) is 0 Å². The second kappa shape index (κ2) is 6.99. The number of aryl methyl sites for hydroxylation is 1. The summed E-state index contributed by atoms with van der Waals surface area (Å²) in [5.41, 5.74) is 1.13. The minimum Gasteiger partial charge on any atom is -0.380 e. The highest BCUT2D eigenvalue weighted by atomic mass is 32.1. The average Bonchev–Trinajstić information content (AvgIpc) is 2.63. The summed E-state index contributed by atoms with van der Waals surface area (Å²) in [7, 11) is 0. The summed E-state index contributed by atoms with van der Waals surface area (Å²) in [5, 5.41) is 6.64. The third kappa shape index (κ3) is 5.05.